The maximum absolute atomic E-state index is 11.8. The van der Waals surface area contributed by atoms with Gasteiger partial charge in [0.15, 0.2) is 5.82 Å². The molecule has 0 saturated heterocycles. The molecule has 2 N–H and O–H groups in total. The Balaban J connectivity index is 2.43. The molecule has 0 aliphatic carbocycles. The molecule has 0 atom stereocenters. The Bertz CT molecular complexity index is 652. The number of hydrogen-bond acceptors (Lipinski definition) is 5. The molecule has 2 rings (SSSR count). The van der Waals surface area contributed by atoms with Crippen LogP contribution in [0.15, 0.2) is 18.2 Å². The van der Waals surface area contributed by atoms with Gasteiger partial charge in [-0.1, -0.05) is 22.9 Å². The Hall–Kier alpha value is -2.08. The second kappa shape index (κ2) is 5.50. The minimum absolute atomic E-state index is 0.00178. The van der Waals surface area contributed by atoms with Crippen LogP contribution >= 0.6 is 11.6 Å². The molecule has 1 heterocycles. The number of aromatic nitrogens is 3. The lowest BCUT2D eigenvalue weighted by molar-refractivity contribution is 0.0372. The lowest BCUT2D eigenvalue weighted by Gasteiger charge is -2.09. The van der Waals surface area contributed by atoms with Crippen LogP contribution in [0.1, 0.15) is 29.9 Å². The van der Waals surface area contributed by atoms with E-state index in [-0.39, 0.29) is 17.6 Å². The van der Waals surface area contributed by atoms with E-state index in [0.29, 0.717) is 10.7 Å². The molecule has 0 amide bonds. The SMILES string of the molecule is Cc1c(Cl)cccc1-n1nnc(C(=O)OC(C)C)c1N. The summed E-state index contributed by atoms with van der Waals surface area (Å²) in [6.07, 6.45) is -0.250. The third-order valence-electron chi connectivity index (χ3n) is 2.71. The number of hydrogen-bond donors (Lipinski definition) is 1. The minimum Gasteiger partial charge on any atom is -0.458 e. The first-order valence-electron chi connectivity index (χ1n) is 6.09. The Labute approximate surface area is 121 Å². The van der Waals surface area contributed by atoms with Crippen LogP contribution in [-0.2, 0) is 4.74 Å². The van der Waals surface area contributed by atoms with Crippen LogP contribution in [0.2, 0.25) is 5.02 Å². The van der Waals surface area contributed by atoms with Crippen LogP contribution in [0.5, 0.6) is 0 Å². The highest BCUT2D eigenvalue weighted by Crippen LogP contribution is 2.24. The molecule has 2 aromatic rings. The number of halogens is 1. The molecule has 1 aromatic heterocycles. The standard InChI is InChI=1S/C13H15ClN4O2/c1-7(2)20-13(19)11-12(15)18(17-16-11)10-6-4-5-9(14)8(10)3/h4-7H,15H2,1-3H3. The number of esters is 1. The second-order valence-electron chi connectivity index (χ2n) is 4.57. The molecule has 1 aromatic carbocycles. The van der Waals surface area contributed by atoms with Crippen molar-refractivity contribution in [3.63, 3.8) is 0 Å². The quantitative estimate of drug-likeness (QED) is 0.879. The van der Waals surface area contributed by atoms with Crippen LogP contribution in [0.25, 0.3) is 5.69 Å². The van der Waals surface area contributed by atoms with E-state index in [2.05, 4.69) is 10.3 Å². The average Bonchev–Trinajstić information content (AvgIpc) is 2.74. The average molecular weight is 295 g/mol. The second-order valence-corrected chi connectivity index (χ2v) is 4.98. The highest BCUT2D eigenvalue weighted by molar-refractivity contribution is 6.31. The fraction of sp³-hybridized carbons (Fsp3) is 0.308. The van der Waals surface area contributed by atoms with E-state index in [0.717, 1.165) is 5.56 Å². The van der Waals surface area contributed by atoms with Gasteiger partial charge in [0.05, 0.1) is 11.8 Å². The van der Waals surface area contributed by atoms with Crippen LogP contribution in [0.4, 0.5) is 5.82 Å². The first-order chi connectivity index (χ1) is 9.41. The Kier molecular flexibility index (Phi) is 3.94. The fourth-order valence-electron chi connectivity index (χ4n) is 1.71. The largest absolute Gasteiger partial charge is 0.458 e. The van der Waals surface area contributed by atoms with Crippen molar-refractivity contribution in [1.82, 2.24) is 15.0 Å². The fourth-order valence-corrected chi connectivity index (χ4v) is 1.88. The van der Waals surface area contributed by atoms with E-state index in [1.54, 1.807) is 32.0 Å². The molecule has 20 heavy (non-hydrogen) atoms. The van der Waals surface area contributed by atoms with Gasteiger partial charge in [0.1, 0.15) is 0 Å². The summed E-state index contributed by atoms with van der Waals surface area (Å²) >= 11 is 6.06. The smallest absolute Gasteiger partial charge is 0.363 e. The number of nitrogens with two attached hydrogens (primary N) is 1. The molecular weight excluding hydrogens is 280 g/mol. The van der Waals surface area contributed by atoms with Crippen molar-refractivity contribution in [2.75, 3.05) is 5.73 Å². The maximum atomic E-state index is 11.8. The molecule has 0 radical (unpaired) electrons. The zero-order valence-electron chi connectivity index (χ0n) is 11.4. The van der Waals surface area contributed by atoms with Crippen molar-refractivity contribution < 1.29 is 9.53 Å². The van der Waals surface area contributed by atoms with E-state index >= 15 is 0 Å². The van der Waals surface area contributed by atoms with Crippen LogP contribution in [0, 0.1) is 6.92 Å². The number of carbonyl (C=O) groups is 1. The molecular formula is C13H15ClN4O2. The minimum atomic E-state index is -0.594. The number of nitrogen functional groups attached to an aromatic ring is 1. The number of anilines is 1. The van der Waals surface area contributed by atoms with Crippen molar-refractivity contribution in [1.29, 1.82) is 0 Å². The number of ether oxygens (including phenoxy) is 1. The predicted octanol–water partition coefficient (Wildman–Crippen LogP) is 2.38. The Morgan fingerprint density at radius 3 is 2.80 bits per heavy atom. The maximum Gasteiger partial charge on any atom is 0.363 e. The molecule has 0 aliphatic heterocycles. The number of carbonyl (C=O) groups excluding carboxylic acids is 1. The van der Waals surface area contributed by atoms with Crippen molar-refractivity contribution >= 4 is 23.4 Å². The van der Waals surface area contributed by atoms with Gasteiger partial charge in [0.2, 0.25) is 5.69 Å². The van der Waals surface area contributed by atoms with E-state index in [9.17, 15) is 4.79 Å². The van der Waals surface area contributed by atoms with Gasteiger partial charge in [-0.25, -0.2) is 4.79 Å². The zero-order chi connectivity index (χ0) is 14.9. The highest BCUT2D eigenvalue weighted by atomic mass is 35.5. The van der Waals surface area contributed by atoms with Gasteiger partial charge < -0.3 is 10.5 Å². The molecule has 0 bridgehead atoms. The number of benzene rings is 1. The lowest BCUT2D eigenvalue weighted by Crippen LogP contribution is -2.14. The molecule has 0 unspecified atom stereocenters. The van der Waals surface area contributed by atoms with E-state index in [1.807, 2.05) is 6.92 Å². The monoisotopic (exact) mass is 294 g/mol. The molecule has 106 valence electrons. The van der Waals surface area contributed by atoms with Gasteiger partial charge in [0, 0.05) is 5.02 Å². The normalized spacial score (nSPS) is 10.8. The van der Waals surface area contributed by atoms with Crippen molar-refractivity contribution in [2.24, 2.45) is 0 Å². The summed E-state index contributed by atoms with van der Waals surface area (Å²) in [6, 6.07) is 5.34. The highest BCUT2D eigenvalue weighted by Gasteiger charge is 2.21. The predicted molar refractivity (Wildman–Crippen MR) is 76.1 cm³/mol. The molecule has 0 fully saturated rings. The molecule has 0 spiro atoms. The first-order valence-corrected chi connectivity index (χ1v) is 6.47. The van der Waals surface area contributed by atoms with Gasteiger partial charge >= 0.3 is 5.97 Å². The summed E-state index contributed by atoms with van der Waals surface area (Å²) in [6.45, 7) is 5.34. The summed E-state index contributed by atoms with van der Waals surface area (Å²) in [5, 5.41) is 8.27. The number of nitrogens with zero attached hydrogens (tertiary/aromatic N) is 3. The van der Waals surface area contributed by atoms with Gasteiger partial charge in [-0.2, -0.15) is 4.68 Å². The van der Waals surface area contributed by atoms with Gasteiger partial charge in [0.25, 0.3) is 0 Å². The molecule has 6 nitrogen and oxygen atoms in total. The van der Waals surface area contributed by atoms with E-state index in [4.69, 9.17) is 22.1 Å². The molecule has 7 heteroatoms. The van der Waals surface area contributed by atoms with Crippen LogP contribution in [-0.4, -0.2) is 27.1 Å². The van der Waals surface area contributed by atoms with Gasteiger partial charge in [-0.05, 0) is 38.5 Å². The Morgan fingerprint density at radius 1 is 1.45 bits per heavy atom. The topological polar surface area (TPSA) is 83.0 Å². The van der Waals surface area contributed by atoms with Crippen LogP contribution < -0.4 is 5.73 Å². The third-order valence-corrected chi connectivity index (χ3v) is 3.12. The van der Waals surface area contributed by atoms with Crippen molar-refractivity contribution in [2.45, 2.75) is 26.9 Å². The summed E-state index contributed by atoms with van der Waals surface area (Å²) < 4.78 is 6.43. The van der Waals surface area contributed by atoms with E-state index < -0.39 is 5.97 Å². The van der Waals surface area contributed by atoms with Crippen molar-refractivity contribution in [3.05, 3.63) is 34.5 Å². The molecule has 0 saturated carbocycles. The van der Waals surface area contributed by atoms with Crippen LogP contribution in [0.3, 0.4) is 0 Å². The summed E-state index contributed by atoms with van der Waals surface area (Å²) in [7, 11) is 0. The van der Waals surface area contributed by atoms with Crippen molar-refractivity contribution in [3.8, 4) is 5.69 Å². The zero-order valence-corrected chi connectivity index (χ0v) is 12.2. The summed E-state index contributed by atoms with van der Waals surface area (Å²) in [5.41, 5.74) is 7.40. The Morgan fingerprint density at radius 2 is 2.15 bits per heavy atom. The lowest BCUT2D eigenvalue weighted by atomic mass is 10.2. The third kappa shape index (κ3) is 2.60. The van der Waals surface area contributed by atoms with Gasteiger partial charge in [-0.15, -0.1) is 5.10 Å². The summed E-state index contributed by atoms with van der Waals surface area (Å²) in [5.74, 6) is -0.468. The van der Waals surface area contributed by atoms with E-state index in [1.165, 1.54) is 4.68 Å². The molecule has 0 aliphatic rings. The number of rotatable bonds is 3. The summed E-state index contributed by atoms with van der Waals surface area (Å²) in [4.78, 5) is 11.8. The van der Waals surface area contributed by atoms with Gasteiger partial charge in [-0.3, -0.25) is 0 Å². The first kappa shape index (κ1) is 14.3.